The first kappa shape index (κ1) is 13.5. The Bertz CT molecular complexity index is 547. The predicted molar refractivity (Wildman–Crippen MR) is 73.8 cm³/mol. The Morgan fingerprint density at radius 3 is 2.79 bits per heavy atom. The van der Waals surface area contributed by atoms with Crippen molar-refractivity contribution in [2.45, 2.75) is 6.54 Å². The van der Waals surface area contributed by atoms with Crippen LogP contribution in [0.1, 0.15) is 5.69 Å². The van der Waals surface area contributed by atoms with E-state index in [4.69, 9.17) is 11.6 Å². The lowest BCUT2D eigenvalue weighted by Crippen LogP contribution is -2.28. The number of para-hydroxylation sites is 1. The summed E-state index contributed by atoms with van der Waals surface area (Å²) in [5.74, 6) is -0.156. The van der Waals surface area contributed by atoms with Gasteiger partial charge in [-0.15, -0.1) is 0 Å². The number of halogens is 1. The molecule has 1 aromatic heterocycles. The van der Waals surface area contributed by atoms with Crippen molar-refractivity contribution < 1.29 is 4.79 Å². The van der Waals surface area contributed by atoms with Gasteiger partial charge in [0.25, 0.3) is 0 Å². The average Bonchev–Trinajstić information content (AvgIpc) is 2.43. The van der Waals surface area contributed by atoms with Crippen LogP contribution in [-0.4, -0.2) is 22.6 Å². The number of carbonyl (C=O) groups excluding carboxylic acids is 1. The molecule has 0 aliphatic heterocycles. The summed E-state index contributed by atoms with van der Waals surface area (Å²) in [6, 6.07) is 10.7. The summed E-state index contributed by atoms with van der Waals surface area (Å²) in [6.07, 6.45) is 1.60. The fraction of sp³-hybridized carbons (Fsp3) is 0.154. The Labute approximate surface area is 116 Å². The van der Waals surface area contributed by atoms with E-state index in [0.29, 0.717) is 17.3 Å². The van der Waals surface area contributed by atoms with Crippen molar-refractivity contribution in [2.75, 3.05) is 11.9 Å². The number of hydrogen-bond donors (Lipinski definition) is 2. The van der Waals surface area contributed by atoms with Gasteiger partial charge in [-0.05, 0) is 24.3 Å². The molecule has 0 aliphatic carbocycles. The van der Waals surface area contributed by atoms with E-state index in [-0.39, 0.29) is 12.5 Å². The minimum atomic E-state index is -0.156. The summed E-state index contributed by atoms with van der Waals surface area (Å²) in [5.41, 5.74) is 1.39. The van der Waals surface area contributed by atoms with E-state index in [1.807, 2.05) is 18.2 Å². The third kappa shape index (κ3) is 4.31. The third-order valence-corrected chi connectivity index (χ3v) is 2.70. The molecule has 1 aromatic carbocycles. The van der Waals surface area contributed by atoms with Gasteiger partial charge in [-0.25, -0.2) is 0 Å². The number of rotatable bonds is 5. The Morgan fingerprint density at radius 1 is 1.21 bits per heavy atom. The van der Waals surface area contributed by atoms with E-state index in [9.17, 15) is 4.79 Å². The Balaban J connectivity index is 1.78. The second kappa shape index (κ2) is 6.82. The number of carbonyl (C=O) groups is 1. The first-order valence-corrected chi connectivity index (χ1v) is 6.15. The summed E-state index contributed by atoms with van der Waals surface area (Å²) in [4.78, 5) is 11.7. The SMILES string of the molecule is O=C(CNCc1cccnn1)Nc1ccccc1Cl. The maximum absolute atomic E-state index is 11.7. The quantitative estimate of drug-likeness (QED) is 0.875. The minimum Gasteiger partial charge on any atom is -0.324 e. The maximum Gasteiger partial charge on any atom is 0.238 e. The van der Waals surface area contributed by atoms with Crippen molar-refractivity contribution in [2.24, 2.45) is 0 Å². The van der Waals surface area contributed by atoms with Crippen LogP contribution in [0.2, 0.25) is 5.02 Å². The highest BCUT2D eigenvalue weighted by Gasteiger charge is 2.04. The molecule has 2 aromatic rings. The zero-order chi connectivity index (χ0) is 13.5. The highest BCUT2D eigenvalue weighted by atomic mass is 35.5. The van der Waals surface area contributed by atoms with Crippen molar-refractivity contribution in [3.63, 3.8) is 0 Å². The van der Waals surface area contributed by atoms with Gasteiger partial charge < -0.3 is 10.6 Å². The first-order valence-electron chi connectivity index (χ1n) is 5.77. The number of aromatic nitrogens is 2. The van der Waals surface area contributed by atoms with Gasteiger partial charge in [0.2, 0.25) is 5.91 Å². The van der Waals surface area contributed by atoms with E-state index in [1.54, 1.807) is 24.4 Å². The Kier molecular flexibility index (Phi) is 4.83. The number of nitrogens with zero attached hydrogens (tertiary/aromatic N) is 2. The van der Waals surface area contributed by atoms with Gasteiger partial charge in [-0.3, -0.25) is 4.79 Å². The van der Waals surface area contributed by atoms with Crippen LogP contribution in [0, 0.1) is 0 Å². The molecule has 5 nitrogen and oxygen atoms in total. The smallest absolute Gasteiger partial charge is 0.238 e. The number of anilines is 1. The van der Waals surface area contributed by atoms with Gasteiger partial charge in [0.05, 0.1) is 22.9 Å². The van der Waals surface area contributed by atoms with E-state index < -0.39 is 0 Å². The highest BCUT2D eigenvalue weighted by Crippen LogP contribution is 2.19. The molecule has 98 valence electrons. The summed E-state index contributed by atoms with van der Waals surface area (Å²) < 4.78 is 0. The molecule has 6 heteroatoms. The molecule has 0 spiro atoms. The van der Waals surface area contributed by atoms with E-state index in [1.165, 1.54) is 0 Å². The van der Waals surface area contributed by atoms with Crippen molar-refractivity contribution >= 4 is 23.2 Å². The van der Waals surface area contributed by atoms with E-state index >= 15 is 0 Å². The Morgan fingerprint density at radius 2 is 2.05 bits per heavy atom. The van der Waals surface area contributed by atoms with Crippen molar-refractivity contribution in [1.82, 2.24) is 15.5 Å². The van der Waals surface area contributed by atoms with Crippen LogP contribution in [0.25, 0.3) is 0 Å². The van der Waals surface area contributed by atoms with Gasteiger partial charge in [0.15, 0.2) is 0 Å². The molecule has 0 saturated heterocycles. The second-order valence-corrected chi connectivity index (χ2v) is 4.25. The van der Waals surface area contributed by atoms with Gasteiger partial charge in [0.1, 0.15) is 0 Å². The monoisotopic (exact) mass is 276 g/mol. The first-order chi connectivity index (χ1) is 9.25. The lowest BCUT2D eigenvalue weighted by molar-refractivity contribution is -0.115. The summed E-state index contributed by atoms with van der Waals surface area (Å²) in [6.45, 7) is 0.672. The summed E-state index contributed by atoms with van der Waals surface area (Å²) >= 11 is 5.94. The molecular weight excluding hydrogens is 264 g/mol. The lowest BCUT2D eigenvalue weighted by atomic mass is 10.3. The number of benzene rings is 1. The normalized spacial score (nSPS) is 10.2. The molecule has 2 N–H and O–H groups in total. The van der Waals surface area contributed by atoms with Gasteiger partial charge in [-0.2, -0.15) is 10.2 Å². The molecule has 0 bridgehead atoms. The number of nitrogens with one attached hydrogen (secondary N) is 2. The maximum atomic E-state index is 11.7. The molecule has 0 radical (unpaired) electrons. The second-order valence-electron chi connectivity index (χ2n) is 3.85. The van der Waals surface area contributed by atoms with Crippen LogP contribution in [-0.2, 0) is 11.3 Å². The lowest BCUT2D eigenvalue weighted by Gasteiger charge is -2.07. The van der Waals surface area contributed by atoms with Crippen molar-refractivity contribution in [1.29, 1.82) is 0 Å². The van der Waals surface area contributed by atoms with Crippen molar-refractivity contribution in [3.8, 4) is 0 Å². The van der Waals surface area contributed by atoms with Gasteiger partial charge in [0, 0.05) is 12.7 Å². The zero-order valence-electron chi connectivity index (χ0n) is 10.1. The van der Waals surface area contributed by atoms with Crippen LogP contribution >= 0.6 is 11.6 Å². The van der Waals surface area contributed by atoms with Crippen molar-refractivity contribution in [3.05, 3.63) is 53.3 Å². The Hall–Kier alpha value is -1.98. The molecule has 0 aliphatic rings. The van der Waals surface area contributed by atoms with Crippen LogP contribution in [0.3, 0.4) is 0 Å². The fourth-order valence-corrected chi connectivity index (χ4v) is 1.67. The summed E-state index contributed by atoms with van der Waals surface area (Å²) in [7, 11) is 0. The number of amides is 1. The minimum absolute atomic E-state index is 0.156. The van der Waals surface area contributed by atoms with Crippen LogP contribution in [0.4, 0.5) is 5.69 Å². The van der Waals surface area contributed by atoms with Gasteiger partial charge >= 0.3 is 0 Å². The average molecular weight is 277 g/mol. The molecule has 19 heavy (non-hydrogen) atoms. The molecule has 1 amide bonds. The number of hydrogen-bond acceptors (Lipinski definition) is 4. The van der Waals surface area contributed by atoms with E-state index in [0.717, 1.165) is 5.69 Å². The van der Waals surface area contributed by atoms with Crippen LogP contribution < -0.4 is 10.6 Å². The van der Waals surface area contributed by atoms with E-state index in [2.05, 4.69) is 20.8 Å². The third-order valence-electron chi connectivity index (χ3n) is 2.37. The zero-order valence-corrected chi connectivity index (χ0v) is 10.9. The van der Waals surface area contributed by atoms with Crippen LogP contribution in [0.15, 0.2) is 42.6 Å². The molecule has 2 rings (SSSR count). The fourth-order valence-electron chi connectivity index (χ4n) is 1.49. The standard InChI is InChI=1S/C13H13ClN4O/c14-11-5-1-2-6-12(11)17-13(19)9-15-8-10-4-3-7-16-18-10/h1-7,15H,8-9H2,(H,17,19). The summed E-state index contributed by atoms with van der Waals surface area (Å²) in [5, 5.41) is 13.9. The molecular formula is C13H13ClN4O. The topological polar surface area (TPSA) is 66.9 Å². The molecule has 0 unspecified atom stereocenters. The molecule has 0 atom stereocenters. The molecule has 0 fully saturated rings. The molecule has 1 heterocycles. The molecule has 0 saturated carbocycles. The largest absolute Gasteiger partial charge is 0.324 e. The van der Waals surface area contributed by atoms with Crippen LogP contribution in [0.5, 0.6) is 0 Å². The van der Waals surface area contributed by atoms with Gasteiger partial charge in [-0.1, -0.05) is 23.7 Å². The predicted octanol–water partition coefficient (Wildman–Crippen LogP) is 1.86. The highest BCUT2D eigenvalue weighted by molar-refractivity contribution is 6.33.